The van der Waals surface area contributed by atoms with E-state index in [0.717, 1.165) is 0 Å². The number of fused-ring (bicyclic) bond motifs is 1. The number of aliphatic hydroxyl groups is 1. The molecule has 3 rings (SSSR count). The van der Waals surface area contributed by atoms with E-state index in [9.17, 15) is 9.90 Å². The van der Waals surface area contributed by atoms with Gasteiger partial charge in [-0.15, -0.1) is 0 Å². The smallest absolute Gasteiger partial charge is 0.362 e. The Labute approximate surface area is 154 Å². The first-order valence-electron chi connectivity index (χ1n) is 8.02. The molecule has 1 N–H and O–H groups in total. The molecular formula is C17H17ClN4O4. The van der Waals surface area contributed by atoms with Crippen molar-refractivity contribution in [1.29, 1.82) is 0 Å². The van der Waals surface area contributed by atoms with E-state index < -0.39 is 5.97 Å². The van der Waals surface area contributed by atoms with Crippen LogP contribution in [0.25, 0.3) is 16.7 Å². The monoisotopic (exact) mass is 376 g/mol. The number of aromatic nitrogens is 4. The average molecular weight is 377 g/mol. The highest BCUT2D eigenvalue weighted by molar-refractivity contribution is 6.33. The van der Waals surface area contributed by atoms with E-state index in [0.29, 0.717) is 34.0 Å². The van der Waals surface area contributed by atoms with E-state index >= 15 is 0 Å². The number of esters is 1. The zero-order valence-electron chi connectivity index (χ0n) is 14.3. The number of benzene rings is 1. The summed E-state index contributed by atoms with van der Waals surface area (Å²) < 4.78 is 12.1. The molecule has 0 atom stereocenters. The fraction of sp³-hybridized carbons (Fsp3) is 0.294. The Morgan fingerprint density at radius 3 is 2.65 bits per heavy atom. The predicted molar refractivity (Wildman–Crippen MR) is 94.7 cm³/mol. The van der Waals surface area contributed by atoms with Crippen molar-refractivity contribution in [3.05, 3.63) is 41.1 Å². The molecule has 0 aliphatic carbocycles. The lowest BCUT2D eigenvalue weighted by Gasteiger charge is -2.11. The number of halogens is 1. The Bertz CT molecular complexity index is 957. The summed E-state index contributed by atoms with van der Waals surface area (Å²) in [7, 11) is 0. The number of imidazole rings is 1. The minimum absolute atomic E-state index is 0.0103. The van der Waals surface area contributed by atoms with Crippen LogP contribution in [0.3, 0.4) is 0 Å². The largest absolute Gasteiger partial charge is 0.476 e. The molecule has 0 saturated heterocycles. The number of ether oxygens (including phenoxy) is 2. The topological polar surface area (TPSA) is 99.4 Å². The Morgan fingerprint density at radius 2 is 2.00 bits per heavy atom. The first-order valence-corrected chi connectivity index (χ1v) is 8.40. The van der Waals surface area contributed by atoms with Crippen LogP contribution in [0.15, 0.2) is 24.7 Å². The summed E-state index contributed by atoms with van der Waals surface area (Å²) in [6, 6.07) is 3.32. The van der Waals surface area contributed by atoms with Crippen molar-refractivity contribution in [3.63, 3.8) is 0 Å². The summed E-state index contributed by atoms with van der Waals surface area (Å²) in [6.07, 6.45) is 3.19. The highest BCUT2D eigenvalue weighted by Gasteiger charge is 2.20. The second-order valence-corrected chi connectivity index (χ2v) is 5.66. The number of aliphatic hydroxyl groups excluding tert-OH is 1. The third-order valence-corrected chi connectivity index (χ3v) is 3.83. The van der Waals surface area contributed by atoms with Gasteiger partial charge in [0.25, 0.3) is 0 Å². The van der Waals surface area contributed by atoms with E-state index in [4.69, 9.17) is 21.1 Å². The maximum absolute atomic E-state index is 12.2. The van der Waals surface area contributed by atoms with Crippen molar-refractivity contribution in [2.45, 2.75) is 20.5 Å². The molecule has 2 aromatic heterocycles. The molecule has 0 amide bonds. The molecule has 9 heteroatoms. The van der Waals surface area contributed by atoms with Gasteiger partial charge < -0.3 is 19.1 Å². The van der Waals surface area contributed by atoms with Crippen LogP contribution < -0.4 is 4.74 Å². The number of hydrogen-bond acceptors (Lipinski definition) is 7. The molecule has 0 spiro atoms. The summed E-state index contributed by atoms with van der Waals surface area (Å²) in [4.78, 5) is 25.0. The van der Waals surface area contributed by atoms with Crippen molar-refractivity contribution >= 4 is 28.6 Å². The summed E-state index contributed by atoms with van der Waals surface area (Å²) in [5.74, 6) is -0.500. The van der Waals surface area contributed by atoms with E-state index in [1.807, 2.05) is 0 Å². The van der Waals surface area contributed by atoms with Crippen LogP contribution in [-0.4, -0.2) is 43.8 Å². The fourth-order valence-electron chi connectivity index (χ4n) is 2.39. The lowest BCUT2D eigenvalue weighted by Crippen LogP contribution is -2.12. The van der Waals surface area contributed by atoms with Crippen LogP contribution in [0.1, 0.15) is 30.0 Å². The zero-order valence-corrected chi connectivity index (χ0v) is 15.0. The number of rotatable bonds is 6. The molecule has 0 radical (unpaired) electrons. The third-order valence-electron chi connectivity index (χ3n) is 3.53. The van der Waals surface area contributed by atoms with E-state index in [1.54, 1.807) is 36.7 Å². The SMILES string of the molecule is CCOC(=O)c1nc2cc(-n3cnc(CO)c3)c(Cl)cc2nc1OCC. The lowest BCUT2D eigenvalue weighted by molar-refractivity contribution is 0.0514. The minimum atomic E-state index is -0.605. The molecule has 2 heterocycles. The van der Waals surface area contributed by atoms with Crippen LogP contribution in [0.4, 0.5) is 0 Å². The molecule has 0 bridgehead atoms. The Hall–Kier alpha value is -2.71. The van der Waals surface area contributed by atoms with Gasteiger partial charge in [0.1, 0.15) is 0 Å². The van der Waals surface area contributed by atoms with Crippen molar-refractivity contribution in [1.82, 2.24) is 19.5 Å². The van der Waals surface area contributed by atoms with Gasteiger partial charge in [-0.2, -0.15) is 0 Å². The van der Waals surface area contributed by atoms with Gasteiger partial charge in [-0.1, -0.05) is 11.6 Å². The van der Waals surface area contributed by atoms with Gasteiger partial charge in [-0.05, 0) is 26.0 Å². The van der Waals surface area contributed by atoms with Crippen molar-refractivity contribution in [2.75, 3.05) is 13.2 Å². The molecule has 8 nitrogen and oxygen atoms in total. The Kier molecular flexibility index (Phi) is 5.34. The molecule has 26 heavy (non-hydrogen) atoms. The van der Waals surface area contributed by atoms with E-state index in [1.165, 1.54) is 6.33 Å². The number of carbonyl (C=O) groups is 1. The van der Waals surface area contributed by atoms with Crippen LogP contribution in [-0.2, 0) is 11.3 Å². The highest BCUT2D eigenvalue weighted by atomic mass is 35.5. The number of carbonyl (C=O) groups excluding carboxylic acids is 1. The average Bonchev–Trinajstić information content (AvgIpc) is 3.10. The molecule has 0 aliphatic rings. The number of hydrogen-bond donors (Lipinski definition) is 1. The summed E-state index contributed by atoms with van der Waals surface area (Å²) in [5.41, 5.74) is 2.05. The number of nitrogens with zero attached hydrogens (tertiary/aromatic N) is 4. The van der Waals surface area contributed by atoms with Crippen LogP contribution >= 0.6 is 11.6 Å². The lowest BCUT2D eigenvalue weighted by atomic mass is 10.2. The van der Waals surface area contributed by atoms with Gasteiger partial charge in [0.2, 0.25) is 11.6 Å². The van der Waals surface area contributed by atoms with Crippen LogP contribution in [0, 0.1) is 0 Å². The van der Waals surface area contributed by atoms with E-state index in [2.05, 4.69) is 15.0 Å². The molecule has 0 unspecified atom stereocenters. The quantitative estimate of drug-likeness (QED) is 0.660. The molecule has 3 aromatic rings. The van der Waals surface area contributed by atoms with Gasteiger partial charge in [0, 0.05) is 6.20 Å². The van der Waals surface area contributed by atoms with Crippen molar-refractivity contribution < 1.29 is 19.4 Å². The fourth-order valence-corrected chi connectivity index (χ4v) is 2.65. The van der Waals surface area contributed by atoms with Gasteiger partial charge in [0.05, 0.1) is 53.6 Å². The normalized spacial score (nSPS) is 10.9. The predicted octanol–water partition coefficient (Wildman–Crippen LogP) is 2.54. The van der Waals surface area contributed by atoms with E-state index in [-0.39, 0.29) is 24.8 Å². The Balaban J connectivity index is 2.15. The molecule has 0 aliphatic heterocycles. The van der Waals surface area contributed by atoms with Crippen molar-refractivity contribution in [2.24, 2.45) is 0 Å². The maximum Gasteiger partial charge on any atom is 0.362 e. The molecule has 0 saturated carbocycles. The van der Waals surface area contributed by atoms with Crippen LogP contribution in [0.2, 0.25) is 5.02 Å². The summed E-state index contributed by atoms with van der Waals surface area (Å²) >= 11 is 6.36. The molecule has 136 valence electrons. The second kappa shape index (κ2) is 7.67. The second-order valence-electron chi connectivity index (χ2n) is 5.25. The molecule has 0 fully saturated rings. The summed E-state index contributed by atoms with van der Waals surface area (Å²) in [5, 5.41) is 9.59. The highest BCUT2D eigenvalue weighted by Crippen LogP contribution is 2.28. The first kappa shape index (κ1) is 18.1. The Morgan fingerprint density at radius 1 is 1.23 bits per heavy atom. The van der Waals surface area contributed by atoms with Crippen molar-refractivity contribution in [3.8, 4) is 11.6 Å². The van der Waals surface area contributed by atoms with Gasteiger partial charge in [-0.25, -0.2) is 19.7 Å². The minimum Gasteiger partial charge on any atom is -0.476 e. The summed E-state index contributed by atoms with van der Waals surface area (Å²) in [6.45, 7) is 3.87. The van der Waals surface area contributed by atoms with Gasteiger partial charge in [-0.3, -0.25) is 0 Å². The first-order chi connectivity index (χ1) is 12.6. The molecular weight excluding hydrogens is 360 g/mol. The molecule has 1 aromatic carbocycles. The van der Waals surface area contributed by atoms with Crippen LogP contribution in [0.5, 0.6) is 5.88 Å². The standard InChI is InChI=1S/C17H17ClN4O4/c1-3-25-16-15(17(24)26-4-2)20-13-6-14(11(18)5-12(13)21-16)22-7-10(8-23)19-9-22/h5-7,9,23H,3-4,8H2,1-2H3. The van der Waals surface area contributed by atoms with Gasteiger partial charge >= 0.3 is 5.97 Å². The maximum atomic E-state index is 12.2. The zero-order chi connectivity index (χ0) is 18.7. The third kappa shape index (κ3) is 3.47. The van der Waals surface area contributed by atoms with Gasteiger partial charge in [0.15, 0.2) is 0 Å².